The van der Waals surface area contributed by atoms with Crippen molar-refractivity contribution in [1.82, 2.24) is 29.6 Å². The first kappa shape index (κ1) is 37.0. The standard InChI is InChI=1S/C16H23BClN3O3.C11H10ClNO2.C5H13BN2O/c1-17(24)21-8-6-19(7-9-21)14-10-20(11-15(14)22)16(23)12-2-4-13(18)5-3-12;12-8-3-1-7(2-4-8)11(14)13-5-9-10(6-13)15-9;1-6(9)8-4-2-7-3-5-8/h2-5,14-15,22,24H,6-11H2,1H3;1-4,9-10H,5-6H2;7,9H,2-5H2,1H3/t14-,15-;;/m0../s1. The number of carbonyl (C=O) groups is 2. The van der Waals surface area contributed by atoms with E-state index in [0.717, 1.165) is 65.4 Å². The minimum absolute atomic E-state index is 0.0441. The molecule has 4 atom stereocenters. The number of aliphatic hydroxyl groups excluding tert-OH is 1. The lowest BCUT2D eigenvalue weighted by atomic mass is 9.84. The van der Waals surface area contributed by atoms with Crippen LogP contribution in [-0.4, -0.2) is 168 Å². The van der Waals surface area contributed by atoms with Gasteiger partial charge in [-0.05, 0) is 62.2 Å². The molecule has 2 unspecified atom stereocenters. The van der Waals surface area contributed by atoms with E-state index in [1.807, 2.05) is 16.5 Å². The molecule has 0 radical (unpaired) electrons. The average Bonchev–Trinajstić information content (AvgIpc) is 3.50. The van der Waals surface area contributed by atoms with Crippen LogP contribution in [0.3, 0.4) is 0 Å². The highest BCUT2D eigenvalue weighted by molar-refractivity contribution is 6.45. The van der Waals surface area contributed by atoms with E-state index >= 15 is 0 Å². The fraction of sp³-hybridized carbons (Fsp3) is 0.562. The summed E-state index contributed by atoms with van der Waals surface area (Å²) in [5.41, 5.74) is 1.28. The Kier molecular flexibility index (Phi) is 13.2. The summed E-state index contributed by atoms with van der Waals surface area (Å²) in [7, 11) is -0.712. The fourth-order valence-electron chi connectivity index (χ4n) is 6.52. The first-order valence-electron chi connectivity index (χ1n) is 16.7. The molecule has 0 spiro atoms. The van der Waals surface area contributed by atoms with Gasteiger partial charge in [-0.15, -0.1) is 0 Å². The number of nitrogens with zero attached hydrogens (tertiary/aromatic N) is 5. The Hall–Kier alpha value is -2.23. The predicted molar refractivity (Wildman–Crippen MR) is 188 cm³/mol. The average molecular weight is 703 g/mol. The molecule has 4 N–H and O–H groups in total. The van der Waals surface area contributed by atoms with Crippen molar-refractivity contribution in [2.75, 3.05) is 78.5 Å². The molecule has 7 rings (SSSR count). The number of likely N-dealkylation sites (tertiary alicyclic amines) is 2. The zero-order valence-electron chi connectivity index (χ0n) is 27.6. The van der Waals surface area contributed by atoms with Gasteiger partial charge in [0.05, 0.1) is 12.1 Å². The molecule has 5 heterocycles. The zero-order valence-corrected chi connectivity index (χ0v) is 29.1. The van der Waals surface area contributed by atoms with E-state index in [-0.39, 0.29) is 24.9 Å². The highest BCUT2D eigenvalue weighted by atomic mass is 35.5. The van der Waals surface area contributed by atoms with Gasteiger partial charge in [0.15, 0.2) is 0 Å². The van der Waals surface area contributed by atoms with Crippen LogP contribution >= 0.6 is 23.2 Å². The van der Waals surface area contributed by atoms with Crippen molar-refractivity contribution in [3.8, 4) is 0 Å². The number of fused-ring (bicyclic) bond motifs is 1. The van der Waals surface area contributed by atoms with Gasteiger partial charge in [-0.25, -0.2) is 0 Å². The summed E-state index contributed by atoms with van der Waals surface area (Å²) >= 11 is 11.6. The van der Waals surface area contributed by atoms with Gasteiger partial charge in [0.2, 0.25) is 0 Å². The number of β-amino-alcohol motifs (C(OH)–C–C–N with tert-alkyl or cyclic N) is 1. The molecule has 2 aromatic carbocycles. The number of amides is 2. The van der Waals surface area contributed by atoms with Crippen LogP contribution in [-0.2, 0) is 4.74 Å². The lowest BCUT2D eigenvalue weighted by Crippen LogP contribution is -2.56. The topological polar surface area (TPSA) is 136 Å². The molecule has 260 valence electrons. The summed E-state index contributed by atoms with van der Waals surface area (Å²) in [6.07, 6.45) is 0.0434. The maximum absolute atomic E-state index is 12.6. The highest BCUT2D eigenvalue weighted by Gasteiger charge is 2.48. The molecule has 0 aliphatic carbocycles. The van der Waals surface area contributed by atoms with Gasteiger partial charge in [-0.3, -0.25) is 14.5 Å². The van der Waals surface area contributed by atoms with Crippen LogP contribution in [0.4, 0.5) is 0 Å². The van der Waals surface area contributed by atoms with Crippen LogP contribution in [0.15, 0.2) is 48.5 Å². The van der Waals surface area contributed by atoms with E-state index in [2.05, 4.69) is 15.0 Å². The molecule has 0 aromatic heterocycles. The van der Waals surface area contributed by atoms with Crippen LogP contribution < -0.4 is 5.32 Å². The third kappa shape index (κ3) is 9.94. The number of nitrogens with one attached hydrogen (secondary N) is 1. The predicted octanol–water partition coefficient (Wildman–Crippen LogP) is 0.818. The number of carbonyl (C=O) groups excluding carboxylic acids is 2. The number of benzene rings is 2. The van der Waals surface area contributed by atoms with Crippen molar-refractivity contribution in [3.05, 3.63) is 69.7 Å². The van der Waals surface area contributed by atoms with Gasteiger partial charge >= 0.3 is 14.1 Å². The van der Waals surface area contributed by atoms with Gasteiger partial charge in [-0.2, -0.15) is 0 Å². The van der Waals surface area contributed by atoms with E-state index < -0.39 is 13.2 Å². The Morgan fingerprint density at radius 3 is 1.58 bits per heavy atom. The molecule has 5 aliphatic heterocycles. The lowest BCUT2D eigenvalue weighted by molar-refractivity contribution is 0.0587. The van der Waals surface area contributed by atoms with E-state index in [9.17, 15) is 19.7 Å². The van der Waals surface area contributed by atoms with Gasteiger partial charge in [0, 0.05) is 99.7 Å². The second-order valence-electron chi connectivity index (χ2n) is 12.9. The van der Waals surface area contributed by atoms with E-state index in [0.29, 0.717) is 46.5 Å². The Bertz CT molecular complexity index is 1340. The van der Waals surface area contributed by atoms with Crippen molar-refractivity contribution < 1.29 is 29.5 Å². The van der Waals surface area contributed by atoms with E-state index in [1.165, 1.54) is 0 Å². The van der Waals surface area contributed by atoms with E-state index in [1.54, 1.807) is 60.3 Å². The fourth-order valence-corrected chi connectivity index (χ4v) is 6.77. The maximum atomic E-state index is 12.6. The van der Waals surface area contributed by atoms with Crippen LogP contribution in [0.1, 0.15) is 20.7 Å². The molecule has 2 aromatic rings. The van der Waals surface area contributed by atoms with Crippen molar-refractivity contribution in [3.63, 3.8) is 0 Å². The Balaban J connectivity index is 0.000000159. The third-order valence-corrected chi connectivity index (χ3v) is 10.0. The monoisotopic (exact) mass is 702 g/mol. The minimum Gasteiger partial charge on any atom is -0.437 e. The number of hydrogen-bond donors (Lipinski definition) is 4. The van der Waals surface area contributed by atoms with E-state index in [4.69, 9.17) is 33.0 Å². The van der Waals surface area contributed by atoms with Crippen LogP contribution in [0, 0.1) is 0 Å². The quantitative estimate of drug-likeness (QED) is 0.262. The number of piperazine rings is 2. The third-order valence-electron chi connectivity index (χ3n) is 9.53. The number of epoxide rings is 1. The lowest BCUT2D eigenvalue weighted by Gasteiger charge is -2.39. The van der Waals surface area contributed by atoms with Crippen molar-refractivity contribution in [2.45, 2.75) is 38.0 Å². The molecule has 5 aliphatic rings. The summed E-state index contributed by atoms with van der Waals surface area (Å²) < 4.78 is 5.27. The summed E-state index contributed by atoms with van der Waals surface area (Å²) in [6.45, 7) is 13.0. The summed E-state index contributed by atoms with van der Waals surface area (Å²) in [5.74, 6) is -0.00157. The molecular weight excluding hydrogens is 657 g/mol. The Labute approximate surface area is 293 Å². The highest BCUT2D eigenvalue weighted by Crippen LogP contribution is 2.31. The molecule has 5 fully saturated rings. The summed E-state index contributed by atoms with van der Waals surface area (Å²) in [6, 6.07) is 13.8. The summed E-state index contributed by atoms with van der Waals surface area (Å²) in [4.78, 5) is 34.4. The van der Waals surface area contributed by atoms with Crippen molar-refractivity contribution in [1.29, 1.82) is 0 Å². The second kappa shape index (κ2) is 17.1. The van der Waals surface area contributed by atoms with Gasteiger partial charge in [0.25, 0.3) is 11.8 Å². The number of halogens is 2. The maximum Gasteiger partial charge on any atom is 0.376 e. The molecule has 0 bridgehead atoms. The number of rotatable bonds is 5. The first-order valence-corrected chi connectivity index (χ1v) is 17.5. The SMILES string of the molecule is CB(O)N1CCN([C@H]2CN(C(=O)c3ccc(Cl)cc3)C[C@@H]2O)CC1.CB(O)N1CCNCC1.O=C(c1ccc(Cl)cc1)N1CC2OC2C1. The molecule has 48 heavy (non-hydrogen) atoms. The van der Waals surface area contributed by atoms with Crippen LogP contribution in [0.25, 0.3) is 0 Å². The van der Waals surface area contributed by atoms with Gasteiger partial charge in [-0.1, -0.05) is 23.2 Å². The number of hydrogen-bond acceptors (Lipinski definition) is 10. The number of aliphatic hydroxyl groups is 1. The van der Waals surface area contributed by atoms with Gasteiger partial charge < -0.3 is 44.6 Å². The number of ether oxygens (including phenoxy) is 1. The molecule has 16 heteroatoms. The molecule has 12 nitrogen and oxygen atoms in total. The molecular formula is C32H46B2Cl2N6O6. The first-order chi connectivity index (χ1) is 23.0. The molecule has 2 amide bonds. The summed E-state index contributed by atoms with van der Waals surface area (Å²) in [5, 5.41) is 33.6. The largest absolute Gasteiger partial charge is 0.437 e. The van der Waals surface area contributed by atoms with Crippen molar-refractivity contribution in [2.24, 2.45) is 0 Å². The number of morpholine rings is 1. The minimum atomic E-state index is -0.542. The molecule has 5 saturated heterocycles. The van der Waals surface area contributed by atoms with Crippen LogP contribution in [0.5, 0.6) is 0 Å². The van der Waals surface area contributed by atoms with Gasteiger partial charge in [0.1, 0.15) is 12.2 Å². The normalized spacial score (nSPS) is 25.7. The second-order valence-corrected chi connectivity index (χ2v) is 13.8. The Morgan fingerprint density at radius 2 is 1.15 bits per heavy atom. The van der Waals surface area contributed by atoms with Crippen molar-refractivity contribution >= 4 is 49.1 Å². The molecule has 0 saturated carbocycles. The zero-order chi connectivity index (χ0) is 34.4. The van der Waals surface area contributed by atoms with Crippen LogP contribution in [0.2, 0.25) is 23.7 Å². The Morgan fingerprint density at radius 1 is 0.708 bits per heavy atom. The smallest absolute Gasteiger partial charge is 0.376 e.